The molecule has 0 saturated heterocycles. The lowest BCUT2D eigenvalue weighted by atomic mass is 9.84. The second-order valence-corrected chi connectivity index (χ2v) is 6.28. The first kappa shape index (κ1) is 16.7. The van der Waals surface area contributed by atoms with Crippen LogP contribution >= 0.6 is 0 Å². The number of aromatic hydroxyl groups is 1. The third-order valence-electron chi connectivity index (χ3n) is 4.40. The fraction of sp³-hybridized carbons (Fsp3) is 0.500. The minimum atomic E-state index is 0.244. The molecule has 0 amide bonds. The first-order valence-electron chi connectivity index (χ1n) is 8.46. The molecule has 2 heteroatoms. The normalized spacial score (nSPS) is 17.9. The van der Waals surface area contributed by atoms with Gasteiger partial charge in [-0.1, -0.05) is 38.0 Å². The van der Waals surface area contributed by atoms with Gasteiger partial charge in [-0.25, -0.2) is 0 Å². The molecule has 2 nitrogen and oxygen atoms in total. The molecule has 0 saturated carbocycles. The average Bonchev–Trinajstić information content (AvgIpc) is 2.47. The number of unbranched alkanes of at least 4 members (excludes halogenated alkanes) is 2. The Labute approximate surface area is 134 Å². The minimum absolute atomic E-state index is 0.244. The molecule has 1 aliphatic carbocycles. The Bertz CT molecular complexity index is 543. The highest BCUT2D eigenvalue weighted by Crippen LogP contribution is 2.42. The molecule has 0 fully saturated rings. The van der Waals surface area contributed by atoms with E-state index in [1.807, 2.05) is 6.07 Å². The predicted octanol–water partition coefficient (Wildman–Crippen LogP) is 5.86. The number of rotatable bonds is 7. The number of aryl methyl sites for hydroxylation is 1. The van der Waals surface area contributed by atoms with Gasteiger partial charge in [0.05, 0.1) is 6.26 Å². The fourth-order valence-electron chi connectivity index (χ4n) is 3.29. The molecule has 120 valence electrons. The van der Waals surface area contributed by atoms with Gasteiger partial charge in [-0.15, -0.1) is 0 Å². The molecule has 1 aromatic carbocycles. The number of allylic oxidation sites excluding steroid dienone is 2. The molecule has 1 aromatic rings. The van der Waals surface area contributed by atoms with Gasteiger partial charge in [-0.05, 0) is 56.7 Å². The van der Waals surface area contributed by atoms with Crippen LogP contribution in [-0.4, -0.2) is 5.11 Å². The second kappa shape index (κ2) is 8.07. The predicted molar refractivity (Wildman–Crippen MR) is 92.5 cm³/mol. The largest absolute Gasteiger partial charge is 0.507 e. The van der Waals surface area contributed by atoms with Crippen LogP contribution < -0.4 is 4.74 Å². The van der Waals surface area contributed by atoms with Crippen LogP contribution in [0.3, 0.4) is 0 Å². The summed E-state index contributed by atoms with van der Waals surface area (Å²) in [7, 11) is 0. The molecule has 1 atom stereocenters. The standard InChI is InChI=1S/C20H28O2/c1-4-6-7-10-16-13-18(21)20(19(14-16)22-5-2)17-11-8-9-15(3)12-17/h5,12-14,17,21H,2,4,6-11H2,1,3H3. The van der Waals surface area contributed by atoms with E-state index >= 15 is 0 Å². The molecular weight excluding hydrogens is 272 g/mol. The summed E-state index contributed by atoms with van der Waals surface area (Å²) < 4.78 is 5.63. The molecule has 0 radical (unpaired) electrons. The highest BCUT2D eigenvalue weighted by molar-refractivity contribution is 5.51. The summed E-state index contributed by atoms with van der Waals surface area (Å²) in [4.78, 5) is 0. The highest BCUT2D eigenvalue weighted by Gasteiger charge is 2.22. The Morgan fingerprint density at radius 3 is 2.86 bits per heavy atom. The van der Waals surface area contributed by atoms with Crippen molar-refractivity contribution in [1.29, 1.82) is 0 Å². The third-order valence-corrected chi connectivity index (χ3v) is 4.40. The summed E-state index contributed by atoms with van der Waals surface area (Å²) >= 11 is 0. The zero-order valence-corrected chi connectivity index (χ0v) is 13.9. The molecule has 0 heterocycles. The Kier molecular flexibility index (Phi) is 6.11. The lowest BCUT2D eigenvalue weighted by Crippen LogP contribution is -2.05. The summed E-state index contributed by atoms with van der Waals surface area (Å²) in [5.41, 5.74) is 3.45. The van der Waals surface area contributed by atoms with Gasteiger partial charge in [0, 0.05) is 11.5 Å². The quantitative estimate of drug-likeness (QED) is 0.388. The Morgan fingerprint density at radius 2 is 2.18 bits per heavy atom. The Morgan fingerprint density at radius 1 is 1.36 bits per heavy atom. The van der Waals surface area contributed by atoms with Crippen LogP contribution in [0.2, 0.25) is 0 Å². The number of ether oxygens (including phenoxy) is 1. The fourth-order valence-corrected chi connectivity index (χ4v) is 3.29. The maximum atomic E-state index is 10.6. The van der Waals surface area contributed by atoms with E-state index in [4.69, 9.17) is 4.74 Å². The molecule has 0 spiro atoms. The van der Waals surface area contributed by atoms with Gasteiger partial charge < -0.3 is 9.84 Å². The Hall–Kier alpha value is -1.70. The minimum Gasteiger partial charge on any atom is -0.507 e. The first-order chi connectivity index (χ1) is 10.7. The SMILES string of the molecule is C=COc1cc(CCCCC)cc(O)c1C1C=C(C)CCC1. The van der Waals surface area contributed by atoms with Gasteiger partial charge in [0.25, 0.3) is 0 Å². The van der Waals surface area contributed by atoms with Crippen molar-refractivity contribution < 1.29 is 9.84 Å². The zero-order valence-electron chi connectivity index (χ0n) is 13.9. The lowest BCUT2D eigenvalue weighted by molar-refractivity contribution is 0.432. The van der Waals surface area contributed by atoms with Gasteiger partial charge in [-0.3, -0.25) is 0 Å². The van der Waals surface area contributed by atoms with Gasteiger partial charge in [-0.2, -0.15) is 0 Å². The summed E-state index contributed by atoms with van der Waals surface area (Å²) in [6.45, 7) is 8.03. The maximum Gasteiger partial charge on any atom is 0.134 e. The van der Waals surface area contributed by atoms with E-state index < -0.39 is 0 Å². The molecule has 22 heavy (non-hydrogen) atoms. The molecule has 0 aromatic heterocycles. The molecule has 0 bridgehead atoms. The topological polar surface area (TPSA) is 29.5 Å². The van der Waals surface area contributed by atoms with E-state index in [0.717, 1.165) is 49.0 Å². The van der Waals surface area contributed by atoms with Crippen molar-refractivity contribution in [2.45, 2.75) is 64.7 Å². The van der Waals surface area contributed by atoms with E-state index in [1.165, 1.54) is 24.7 Å². The van der Waals surface area contributed by atoms with E-state index in [0.29, 0.717) is 5.75 Å². The second-order valence-electron chi connectivity index (χ2n) is 6.28. The van der Waals surface area contributed by atoms with E-state index in [2.05, 4.69) is 32.6 Å². The summed E-state index contributed by atoms with van der Waals surface area (Å²) in [6, 6.07) is 3.99. The molecule has 0 aliphatic heterocycles. The molecule has 1 unspecified atom stereocenters. The number of hydrogen-bond donors (Lipinski definition) is 1. The maximum absolute atomic E-state index is 10.6. The molecular formula is C20H28O2. The van der Waals surface area contributed by atoms with Gasteiger partial charge in [0.1, 0.15) is 11.5 Å². The van der Waals surface area contributed by atoms with Crippen molar-refractivity contribution in [3.05, 3.63) is 47.7 Å². The van der Waals surface area contributed by atoms with E-state index in [1.54, 1.807) is 0 Å². The van der Waals surface area contributed by atoms with Crippen molar-refractivity contribution in [2.24, 2.45) is 0 Å². The van der Waals surface area contributed by atoms with E-state index in [-0.39, 0.29) is 5.92 Å². The number of phenols is 1. The summed E-state index contributed by atoms with van der Waals surface area (Å²) in [6.07, 6.45) is 11.6. The average molecular weight is 300 g/mol. The first-order valence-corrected chi connectivity index (χ1v) is 8.46. The van der Waals surface area contributed by atoms with Crippen LogP contribution in [0.1, 0.15) is 69.4 Å². The summed E-state index contributed by atoms with van der Waals surface area (Å²) in [5.74, 6) is 1.37. The van der Waals surface area contributed by atoms with Crippen LogP contribution in [-0.2, 0) is 6.42 Å². The van der Waals surface area contributed by atoms with Crippen molar-refractivity contribution in [3.8, 4) is 11.5 Å². The van der Waals surface area contributed by atoms with Crippen molar-refractivity contribution in [3.63, 3.8) is 0 Å². The lowest BCUT2D eigenvalue weighted by Gasteiger charge is -2.23. The number of benzene rings is 1. The molecule has 1 aliphatic rings. The smallest absolute Gasteiger partial charge is 0.134 e. The van der Waals surface area contributed by atoms with Crippen molar-refractivity contribution in [2.75, 3.05) is 0 Å². The third kappa shape index (κ3) is 4.16. The summed E-state index contributed by atoms with van der Waals surface area (Å²) in [5, 5.41) is 10.6. The van der Waals surface area contributed by atoms with Gasteiger partial charge >= 0.3 is 0 Å². The highest BCUT2D eigenvalue weighted by atomic mass is 16.5. The van der Waals surface area contributed by atoms with Crippen molar-refractivity contribution in [1.82, 2.24) is 0 Å². The van der Waals surface area contributed by atoms with Crippen LogP contribution in [0.5, 0.6) is 11.5 Å². The van der Waals surface area contributed by atoms with Crippen LogP contribution in [0.4, 0.5) is 0 Å². The number of hydrogen-bond acceptors (Lipinski definition) is 2. The zero-order chi connectivity index (χ0) is 15.9. The van der Waals surface area contributed by atoms with E-state index in [9.17, 15) is 5.11 Å². The van der Waals surface area contributed by atoms with Crippen LogP contribution in [0.25, 0.3) is 0 Å². The molecule has 2 rings (SSSR count). The van der Waals surface area contributed by atoms with Gasteiger partial charge in [0.2, 0.25) is 0 Å². The molecule has 1 N–H and O–H groups in total. The Balaban J connectivity index is 2.31. The monoisotopic (exact) mass is 300 g/mol. The number of phenolic OH excluding ortho intramolecular Hbond substituents is 1. The van der Waals surface area contributed by atoms with Crippen LogP contribution in [0, 0.1) is 0 Å². The van der Waals surface area contributed by atoms with Gasteiger partial charge in [0.15, 0.2) is 0 Å². The van der Waals surface area contributed by atoms with Crippen molar-refractivity contribution >= 4 is 0 Å². The van der Waals surface area contributed by atoms with Crippen LogP contribution in [0.15, 0.2) is 36.6 Å².